The molecular formula is C14H20N2O2. The normalized spacial score (nSPS) is 21.4. The van der Waals surface area contributed by atoms with E-state index in [0.717, 1.165) is 5.92 Å². The first-order chi connectivity index (χ1) is 8.76. The minimum absolute atomic E-state index is 0.305. The van der Waals surface area contributed by atoms with Gasteiger partial charge in [0.05, 0.1) is 6.61 Å². The number of nitrogens with zero attached hydrogens (tertiary/aromatic N) is 1. The predicted molar refractivity (Wildman–Crippen MR) is 70.6 cm³/mol. The molecule has 1 N–H and O–H groups in total. The van der Waals surface area contributed by atoms with Gasteiger partial charge in [-0.25, -0.2) is 9.78 Å². The van der Waals surface area contributed by atoms with E-state index in [1.165, 1.54) is 19.3 Å². The number of hydrogen-bond donors (Lipinski definition) is 1. The maximum atomic E-state index is 11.8. The van der Waals surface area contributed by atoms with Crippen LogP contribution in [0.3, 0.4) is 0 Å². The third-order valence-corrected chi connectivity index (χ3v) is 3.21. The number of ether oxygens (including phenoxy) is 1. The summed E-state index contributed by atoms with van der Waals surface area (Å²) in [6, 6.07) is 3.98. The number of carbonyl (C=O) groups excluding carboxylic acids is 1. The molecule has 1 aliphatic carbocycles. The van der Waals surface area contributed by atoms with Crippen LogP contribution in [0.15, 0.2) is 18.3 Å². The molecule has 0 spiro atoms. The Bertz CT molecular complexity index is 420. The zero-order valence-corrected chi connectivity index (χ0v) is 11.0. The topological polar surface area (TPSA) is 51.2 Å². The van der Waals surface area contributed by atoms with Crippen LogP contribution < -0.4 is 5.32 Å². The van der Waals surface area contributed by atoms with Gasteiger partial charge in [-0.1, -0.05) is 13.3 Å². The lowest BCUT2D eigenvalue weighted by Gasteiger charge is -2.09. The Labute approximate surface area is 108 Å². The van der Waals surface area contributed by atoms with Crippen LogP contribution in [-0.2, 0) is 4.74 Å². The van der Waals surface area contributed by atoms with E-state index in [9.17, 15) is 4.79 Å². The minimum Gasteiger partial charge on any atom is -0.462 e. The number of aromatic nitrogens is 1. The summed E-state index contributed by atoms with van der Waals surface area (Å²) in [7, 11) is 0. The lowest BCUT2D eigenvalue weighted by atomic mass is 10.2. The monoisotopic (exact) mass is 248 g/mol. The fourth-order valence-corrected chi connectivity index (χ4v) is 2.18. The summed E-state index contributed by atoms with van der Waals surface area (Å²) in [6.45, 7) is 4.38. The summed E-state index contributed by atoms with van der Waals surface area (Å²) in [5.41, 5.74) is 0.529. The summed E-state index contributed by atoms with van der Waals surface area (Å²) in [5.74, 6) is 1.08. The molecule has 1 aromatic heterocycles. The highest BCUT2D eigenvalue weighted by molar-refractivity contribution is 5.94. The van der Waals surface area contributed by atoms with Gasteiger partial charge in [0.2, 0.25) is 0 Å². The molecule has 0 aromatic carbocycles. The SMILES string of the molecule is CCCC1CC1Nc1ncccc1C(=O)OCC. The highest BCUT2D eigenvalue weighted by Crippen LogP contribution is 2.37. The molecule has 1 fully saturated rings. The number of esters is 1. The molecule has 18 heavy (non-hydrogen) atoms. The number of anilines is 1. The van der Waals surface area contributed by atoms with Crippen LogP contribution in [0, 0.1) is 5.92 Å². The summed E-state index contributed by atoms with van der Waals surface area (Å²) in [5, 5.41) is 3.35. The smallest absolute Gasteiger partial charge is 0.341 e. The molecule has 0 radical (unpaired) electrons. The summed E-state index contributed by atoms with van der Waals surface area (Å²) < 4.78 is 5.03. The molecule has 2 rings (SSSR count). The van der Waals surface area contributed by atoms with Crippen molar-refractivity contribution >= 4 is 11.8 Å². The number of rotatable bonds is 6. The second-order valence-electron chi connectivity index (χ2n) is 4.66. The molecule has 0 saturated heterocycles. The van der Waals surface area contributed by atoms with Crippen molar-refractivity contribution in [3.63, 3.8) is 0 Å². The minimum atomic E-state index is -0.305. The lowest BCUT2D eigenvalue weighted by molar-refractivity contribution is 0.0527. The molecular weight excluding hydrogens is 228 g/mol. The van der Waals surface area contributed by atoms with Gasteiger partial charge in [0.25, 0.3) is 0 Å². The number of nitrogens with one attached hydrogen (secondary N) is 1. The van der Waals surface area contributed by atoms with Gasteiger partial charge in [0.1, 0.15) is 11.4 Å². The molecule has 1 heterocycles. The van der Waals surface area contributed by atoms with Crippen LogP contribution in [0.2, 0.25) is 0 Å². The Kier molecular flexibility index (Phi) is 4.18. The van der Waals surface area contributed by atoms with Gasteiger partial charge in [0.15, 0.2) is 0 Å². The maximum absolute atomic E-state index is 11.8. The molecule has 2 unspecified atom stereocenters. The first-order valence-corrected chi connectivity index (χ1v) is 6.65. The van der Waals surface area contributed by atoms with Crippen LogP contribution in [0.1, 0.15) is 43.5 Å². The zero-order chi connectivity index (χ0) is 13.0. The summed E-state index contributed by atoms with van der Waals surface area (Å²) in [6.07, 6.45) is 5.31. The molecule has 1 saturated carbocycles. The molecule has 1 aliphatic rings. The summed E-state index contributed by atoms with van der Waals surface area (Å²) in [4.78, 5) is 16.0. The van der Waals surface area contributed by atoms with E-state index in [1.807, 2.05) is 0 Å². The van der Waals surface area contributed by atoms with Gasteiger partial charge >= 0.3 is 5.97 Å². The zero-order valence-electron chi connectivity index (χ0n) is 11.0. The highest BCUT2D eigenvalue weighted by atomic mass is 16.5. The molecule has 1 aromatic rings. The first-order valence-electron chi connectivity index (χ1n) is 6.65. The van der Waals surface area contributed by atoms with Gasteiger partial charge in [-0.05, 0) is 37.8 Å². The Morgan fingerprint density at radius 2 is 2.39 bits per heavy atom. The molecule has 0 bridgehead atoms. The molecule has 0 aliphatic heterocycles. The number of pyridine rings is 1. The quantitative estimate of drug-likeness (QED) is 0.786. The Morgan fingerprint density at radius 3 is 3.11 bits per heavy atom. The van der Waals surface area contributed by atoms with Crippen molar-refractivity contribution in [1.29, 1.82) is 0 Å². The predicted octanol–water partition coefficient (Wildman–Crippen LogP) is 2.86. The molecule has 4 heteroatoms. The highest BCUT2D eigenvalue weighted by Gasteiger charge is 2.36. The second kappa shape index (κ2) is 5.85. The largest absolute Gasteiger partial charge is 0.462 e. The van der Waals surface area contributed by atoms with Crippen LogP contribution in [0.5, 0.6) is 0 Å². The Morgan fingerprint density at radius 1 is 1.56 bits per heavy atom. The molecule has 2 atom stereocenters. The fraction of sp³-hybridized carbons (Fsp3) is 0.571. The third kappa shape index (κ3) is 3.00. The van der Waals surface area contributed by atoms with Crippen LogP contribution >= 0.6 is 0 Å². The molecule has 0 amide bonds. The summed E-state index contributed by atoms with van der Waals surface area (Å²) >= 11 is 0. The van der Waals surface area contributed by atoms with Gasteiger partial charge < -0.3 is 10.1 Å². The first kappa shape index (κ1) is 12.9. The van der Waals surface area contributed by atoms with Gasteiger partial charge in [0, 0.05) is 12.2 Å². The van der Waals surface area contributed by atoms with Crippen molar-refractivity contribution in [2.24, 2.45) is 5.92 Å². The van der Waals surface area contributed by atoms with E-state index in [4.69, 9.17) is 4.74 Å². The van der Waals surface area contributed by atoms with Crippen molar-refractivity contribution in [2.45, 2.75) is 39.2 Å². The van der Waals surface area contributed by atoms with Crippen molar-refractivity contribution in [2.75, 3.05) is 11.9 Å². The number of hydrogen-bond acceptors (Lipinski definition) is 4. The van der Waals surface area contributed by atoms with Crippen molar-refractivity contribution in [3.05, 3.63) is 23.9 Å². The molecule has 98 valence electrons. The van der Waals surface area contributed by atoms with Gasteiger partial charge in [-0.2, -0.15) is 0 Å². The van der Waals surface area contributed by atoms with E-state index in [-0.39, 0.29) is 5.97 Å². The second-order valence-corrected chi connectivity index (χ2v) is 4.66. The van der Waals surface area contributed by atoms with E-state index >= 15 is 0 Å². The third-order valence-electron chi connectivity index (χ3n) is 3.21. The van der Waals surface area contributed by atoms with Crippen LogP contribution in [0.4, 0.5) is 5.82 Å². The Hall–Kier alpha value is -1.58. The average molecular weight is 248 g/mol. The van der Waals surface area contributed by atoms with E-state index in [2.05, 4.69) is 17.2 Å². The number of carbonyl (C=O) groups is 1. The van der Waals surface area contributed by atoms with Crippen molar-refractivity contribution < 1.29 is 9.53 Å². The van der Waals surface area contributed by atoms with Crippen LogP contribution in [-0.4, -0.2) is 23.6 Å². The van der Waals surface area contributed by atoms with Crippen LogP contribution in [0.25, 0.3) is 0 Å². The average Bonchev–Trinajstić information content (AvgIpc) is 3.09. The standard InChI is InChI=1S/C14H20N2O2/c1-3-6-10-9-12(10)16-13-11(7-5-8-15-13)14(17)18-4-2/h5,7-8,10,12H,3-4,6,9H2,1-2H3,(H,15,16). The van der Waals surface area contributed by atoms with E-state index in [1.54, 1.807) is 25.3 Å². The van der Waals surface area contributed by atoms with Crippen molar-refractivity contribution in [1.82, 2.24) is 4.98 Å². The van der Waals surface area contributed by atoms with E-state index < -0.39 is 0 Å². The maximum Gasteiger partial charge on any atom is 0.341 e. The fourth-order valence-electron chi connectivity index (χ4n) is 2.18. The van der Waals surface area contributed by atoms with E-state index in [0.29, 0.717) is 24.0 Å². The van der Waals surface area contributed by atoms with Gasteiger partial charge in [-0.15, -0.1) is 0 Å². The molecule has 4 nitrogen and oxygen atoms in total. The van der Waals surface area contributed by atoms with Gasteiger partial charge in [-0.3, -0.25) is 0 Å². The Balaban J connectivity index is 2.02. The lowest BCUT2D eigenvalue weighted by Crippen LogP contribution is -2.13. The van der Waals surface area contributed by atoms with Crippen molar-refractivity contribution in [3.8, 4) is 0 Å².